The lowest BCUT2D eigenvalue weighted by atomic mass is 10.1. The molecule has 0 atom stereocenters. The first-order chi connectivity index (χ1) is 11.2. The zero-order valence-corrected chi connectivity index (χ0v) is 13.1. The largest absolute Gasteiger partial charge is 0.459 e. The van der Waals surface area contributed by atoms with Crippen molar-refractivity contribution in [1.29, 1.82) is 0 Å². The minimum Gasteiger partial charge on any atom is -0.459 e. The number of halogens is 1. The van der Waals surface area contributed by atoms with Gasteiger partial charge in [-0.2, -0.15) is 0 Å². The number of carbonyl (C=O) groups is 1. The summed E-state index contributed by atoms with van der Waals surface area (Å²) < 4.78 is 12.0. The molecule has 0 amide bonds. The molecular formula is C16H16ClN3O3. The van der Waals surface area contributed by atoms with Gasteiger partial charge in [0.05, 0.1) is 13.2 Å². The van der Waals surface area contributed by atoms with Crippen LogP contribution < -0.4 is 0 Å². The minimum atomic E-state index is -0.392. The molecule has 3 rings (SSSR count). The summed E-state index contributed by atoms with van der Waals surface area (Å²) in [6, 6.07) is 7.27. The first kappa shape index (κ1) is 15.7. The monoisotopic (exact) mass is 333 g/mol. The van der Waals surface area contributed by atoms with Gasteiger partial charge in [0.1, 0.15) is 12.4 Å². The Morgan fingerprint density at radius 1 is 1.39 bits per heavy atom. The highest BCUT2D eigenvalue weighted by Crippen LogP contribution is 2.18. The highest BCUT2D eigenvalue weighted by Gasteiger charge is 2.16. The number of hydrogen-bond acceptors (Lipinski definition) is 5. The Balaban J connectivity index is 1.60. The van der Waals surface area contributed by atoms with E-state index in [0.29, 0.717) is 24.1 Å². The Bertz CT molecular complexity index is 708. The highest BCUT2D eigenvalue weighted by molar-refractivity contribution is 6.30. The summed E-state index contributed by atoms with van der Waals surface area (Å²) in [4.78, 5) is 16.0. The first-order valence-electron chi connectivity index (χ1n) is 7.34. The van der Waals surface area contributed by atoms with Crippen LogP contribution >= 0.6 is 11.6 Å². The third kappa shape index (κ3) is 4.40. The molecule has 2 aromatic rings. The molecule has 0 bridgehead atoms. The van der Waals surface area contributed by atoms with E-state index in [1.54, 1.807) is 12.1 Å². The van der Waals surface area contributed by atoms with E-state index in [4.69, 9.17) is 21.1 Å². The van der Waals surface area contributed by atoms with Crippen LogP contribution in [0.1, 0.15) is 12.8 Å². The topological polar surface area (TPSA) is 66.2 Å². The van der Waals surface area contributed by atoms with Gasteiger partial charge in [0.2, 0.25) is 0 Å². The van der Waals surface area contributed by atoms with Crippen molar-refractivity contribution in [1.82, 2.24) is 14.8 Å². The summed E-state index contributed by atoms with van der Waals surface area (Å²) >= 11 is 5.95. The maximum Gasteiger partial charge on any atom is 0.332 e. The van der Waals surface area contributed by atoms with Gasteiger partial charge in [-0.15, -0.1) is 5.10 Å². The lowest BCUT2D eigenvalue weighted by molar-refractivity contribution is -0.146. The molecule has 0 radical (unpaired) electrons. The number of esters is 1. The fourth-order valence-corrected chi connectivity index (χ4v) is 2.43. The molecular weight excluding hydrogens is 318 g/mol. The van der Waals surface area contributed by atoms with E-state index >= 15 is 0 Å². The standard InChI is InChI=1S/C16H16ClN3O3/c17-13-3-1-2-12(10-13)16-18-11-20(19-16)7-4-15(21)23-14-5-8-22-9-6-14/h1-4,7,10-11,14H,5-6,8-9H2. The van der Waals surface area contributed by atoms with Crippen molar-refractivity contribution in [2.24, 2.45) is 0 Å². The fraction of sp³-hybridized carbons (Fsp3) is 0.312. The lowest BCUT2D eigenvalue weighted by Gasteiger charge is -2.21. The van der Waals surface area contributed by atoms with Crippen LogP contribution in [0.4, 0.5) is 0 Å². The quantitative estimate of drug-likeness (QED) is 0.636. The van der Waals surface area contributed by atoms with Crippen LogP contribution in [0.15, 0.2) is 36.7 Å². The van der Waals surface area contributed by atoms with E-state index in [2.05, 4.69) is 10.1 Å². The van der Waals surface area contributed by atoms with Crippen molar-refractivity contribution >= 4 is 23.8 Å². The molecule has 0 spiro atoms. The molecule has 1 fully saturated rings. The highest BCUT2D eigenvalue weighted by atomic mass is 35.5. The predicted molar refractivity (Wildman–Crippen MR) is 85.7 cm³/mol. The second kappa shape index (κ2) is 7.39. The van der Waals surface area contributed by atoms with E-state index in [9.17, 15) is 4.79 Å². The van der Waals surface area contributed by atoms with E-state index in [-0.39, 0.29) is 6.10 Å². The number of benzene rings is 1. The van der Waals surface area contributed by atoms with Crippen LogP contribution in [0.5, 0.6) is 0 Å². The van der Waals surface area contributed by atoms with Gasteiger partial charge < -0.3 is 9.47 Å². The summed E-state index contributed by atoms with van der Waals surface area (Å²) in [5.74, 6) is 0.145. The summed E-state index contributed by atoms with van der Waals surface area (Å²) in [6.07, 6.45) is 5.78. The van der Waals surface area contributed by atoms with Crippen molar-refractivity contribution in [2.45, 2.75) is 18.9 Å². The summed E-state index contributed by atoms with van der Waals surface area (Å²) in [6.45, 7) is 1.27. The Morgan fingerprint density at radius 2 is 2.22 bits per heavy atom. The third-order valence-corrected chi connectivity index (χ3v) is 3.64. The fourth-order valence-electron chi connectivity index (χ4n) is 2.24. The SMILES string of the molecule is O=C(C=Cn1cnc(-c2cccc(Cl)c2)n1)OC1CCOCC1. The number of nitrogens with zero attached hydrogens (tertiary/aromatic N) is 3. The van der Waals surface area contributed by atoms with Crippen LogP contribution in [0.3, 0.4) is 0 Å². The van der Waals surface area contributed by atoms with Gasteiger partial charge in [-0.25, -0.2) is 14.5 Å². The average molecular weight is 334 g/mol. The maximum atomic E-state index is 11.8. The Kier molecular flexibility index (Phi) is 5.05. The summed E-state index contributed by atoms with van der Waals surface area (Å²) in [5.41, 5.74) is 0.814. The van der Waals surface area contributed by atoms with Crippen LogP contribution in [0.25, 0.3) is 17.6 Å². The molecule has 0 unspecified atom stereocenters. The molecule has 23 heavy (non-hydrogen) atoms. The van der Waals surface area contributed by atoms with Crippen molar-refractivity contribution in [3.05, 3.63) is 41.7 Å². The van der Waals surface area contributed by atoms with Gasteiger partial charge >= 0.3 is 5.97 Å². The number of rotatable bonds is 4. The number of carbonyl (C=O) groups excluding carboxylic acids is 1. The average Bonchev–Trinajstić information content (AvgIpc) is 3.03. The smallest absolute Gasteiger partial charge is 0.332 e. The normalized spacial score (nSPS) is 15.9. The first-order valence-corrected chi connectivity index (χ1v) is 7.72. The predicted octanol–water partition coefficient (Wildman–Crippen LogP) is 2.79. The summed E-state index contributed by atoms with van der Waals surface area (Å²) in [5, 5.41) is 4.89. The Morgan fingerprint density at radius 3 is 3.00 bits per heavy atom. The molecule has 1 aliphatic rings. The zero-order chi connectivity index (χ0) is 16.1. The molecule has 1 aliphatic heterocycles. The van der Waals surface area contributed by atoms with Crippen LogP contribution in [-0.2, 0) is 14.3 Å². The molecule has 2 heterocycles. The molecule has 1 saturated heterocycles. The molecule has 1 aromatic carbocycles. The van der Waals surface area contributed by atoms with Gasteiger partial charge in [-0.05, 0) is 12.1 Å². The number of aromatic nitrogens is 3. The van der Waals surface area contributed by atoms with Crippen molar-refractivity contribution in [2.75, 3.05) is 13.2 Å². The Labute approximate surface area is 138 Å². The Hall–Kier alpha value is -2.18. The molecule has 7 heteroatoms. The molecule has 120 valence electrons. The van der Waals surface area contributed by atoms with Gasteiger partial charge in [-0.3, -0.25) is 0 Å². The van der Waals surface area contributed by atoms with Gasteiger partial charge in [0.15, 0.2) is 5.82 Å². The third-order valence-electron chi connectivity index (χ3n) is 3.41. The van der Waals surface area contributed by atoms with Crippen molar-refractivity contribution in [3.8, 4) is 11.4 Å². The molecule has 0 N–H and O–H groups in total. The minimum absolute atomic E-state index is 0.0707. The summed E-state index contributed by atoms with van der Waals surface area (Å²) in [7, 11) is 0. The molecule has 1 aromatic heterocycles. The van der Waals surface area contributed by atoms with Crippen LogP contribution in [-0.4, -0.2) is 40.1 Å². The van der Waals surface area contributed by atoms with Crippen molar-refractivity contribution in [3.63, 3.8) is 0 Å². The van der Waals surface area contributed by atoms with Crippen LogP contribution in [0.2, 0.25) is 5.02 Å². The van der Waals surface area contributed by atoms with Gasteiger partial charge in [-0.1, -0.05) is 23.7 Å². The zero-order valence-electron chi connectivity index (χ0n) is 12.4. The molecule has 6 nitrogen and oxygen atoms in total. The number of hydrogen-bond donors (Lipinski definition) is 0. The molecule has 0 saturated carbocycles. The number of ether oxygens (including phenoxy) is 2. The van der Waals surface area contributed by atoms with E-state index in [1.807, 2.05) is 12.1 Å². The molecule has 0 aliphatic carbocycles. The van der Waals surface area contributed by atoms with E-state index in [0.717, 1.165) is 18.4 Å². The van der Waals surface area contributed by atoms with E-state index < -0.39 is 5.97 Å². The lowest BCUT2D eigenvalue weighted by Crippen LogP contribution is -2.25. The van der Waals surface area contributed by atoms with E-state index in [1.165, 1.54) is 23.3 Å². The van der Waals surface area contributed by atoms with Gasteiger partial charge in [0.25, 0.3) is 0 Å². The van der Waals surface area contributed by atoms with Crippen LogP contribution in [0, 0.1) is 0 Å². The van der Waals surface area contributed by atoms with Gasteiger partial charge in [0, 0.05) is 35.7 Å². The van der Waals surface area contributed by atoms with Crippen molar-refractivity contribution < 1.29 is 14.3 Å². The second-order valence-corrected chi connectivity index (χ2v) is 5.56. The second-order valence-electron chi connectivity index (χ2n) is 5.12. The maximum absolute atomic E-state index is 11.8.